The topological polar surface area (TPSA) is 64.3 Å². The van der Waals surface area contributed by atoms with Crippen LogP contribution in [0.5, 0.6) is 0 Å². The van der Waals surface area contributed by atoms with E-state index in [4.69, 9.17) is 10.5 Å². The predicted octanol–water partition coefficient (Wildman–Crippen LogP) is 0.0205. The molecular weight excluding hydrogens is 168 g/mol. The van der Waals surface area contributed by atoms with Crippen LogP contribution in [0.25, 0.3) is 0 Å². The first kappa shape index (κ1) is 10.5. The van der Waals surface area contributed by atoms with Crippen molar-refractivity contribution in [3.05, 3.63) is 0 Å². The molecule has 1 aliphatic rings. The van der Waals surface area contributed by atoms with Crippen molar-refractivity contribution in [2.45, 2.75) is 31.7 Å². The van der Waals surface area contributed by atoms with Gasteiger partial charge in [0.05, 0.1) is 5.54 Å². The number of hydrogen-bond donors (Lipinski definition) is 2. The number of hydrogen-bond acceptors (Lipinski definition) is 3. The van der Waals surface area contributed by atoms with Gasteiger partial charge in [-0.15, -0.1) is 0 Å². The number of nitrogens with one attached hydrogen (secondary N) is 1. The molecule has 0 spiro atoms. The lowest BCUT2D eigenvalue weighted by molar-refractivity contribution is -0.126. The van der Waals surface area contributed by atoms with E-state index in [2.05, 4.69) is 5.32 Å². The highest BCUT2D eigenvalue weighted by Crippen LogP contribution is 2.33. The van der Waals surface area contributed by atoms with Crippen molar-refractivity contribution in [2.75, 3.05) is 19.8 Å². The van der Waals surface area contributed by atoms with Gasteiger partial charge in [-0.25, -0.2) is 0 Å². The van der Waals surface area contributed by atoms with E-state index in [0.29, 0.717) is 13.2 Å². The Hall–Kier alpha value is -0.610. The molecule has 13 heavy (non-hydrogen) atoms. The first-order chi connectivity index (χ1) is 6.22. The molecule has 0 unspecified atom stereocenters. The van der Waals surface area contributed by atoms with E-state index >= 15 is 0 Å². The van der Waals surface area contributed by atoms with E-state index in [9.17, 15) is 4.79 Å². The minimum absolute atomic E-state index is 0.0450. The van der Waals surface area contributed by atoms with Crippen molar-refractivity contribution in [3.63, 3.8) is 0 Å². The van der Waals surface area contributed by atoms with Crippen LogP contribution in [0.15, 0.2) is 0 Å². The Kier molecular flexibility index (Phi) is 3.69. The van der Waals surface area contributed by atoms with E-state index in [1.165, 1.54) is 0 Å². The fourth-order valence-corrected chi connectivity index (χ4v) is 1.17. The zero-order valence-electron chi connectivity index (χ0n) is 8.14. The average Bonchev–Trinajstić information content (AvgIpc) is 2.86. The summed E-state index contributed by atoms with van der Waals surface area (Å²) < 4.78 is 5.11. The second kappa shape index (κ2) is 4.58. The van der Waals surface area contributed by atoms with Crippen molar-refractivity contribution in [3.8, 4) is 0 Å². The monoisotopic (exact) mass is 186 g/mol. The molecule has 1 fully saturated rings. The molecule has 0 aromatic heterocycles. The van der Waals surface area contributed by atoms with Crippen LogP contribution in [0.1, 0.15) is 26.2 Å². The highest BCUT2D eigenvalue weighted by atomic mass is 16.5. The van der Waals surface area contributed by atoms with Crippen molar-refractivity contribution < 1.29 is 9.53 Å². The fraction of sp³-hybridized carbons (Fsp3) is 0.889. The molecule has 1 saturated carbocycles. The van der Waals surface area contributed by atoms with E-state index in [1.54, 1.807) is 0 Å². The van der Waals surface area contributed by atoms with Gasteiger partial charge in [-0.3, -0.25) is 4.79 Å². The van der Waals surface area contributed by atoms with Gasteiger partial charge in [0.25, 0.3) is 0 Å². The molecular formula is C9H18N2O2. The van der Waals surface area contributed by atoms with E-state index in [0.717, 1.165) is 19.3 Å². The predicted molar refractivity (Wildman–Crippen MR) is 50.3 cm³/mol. The summed E-state index contributed by atoms with van der Waals surface area (Å²) >= 11 is 0. The van der Waals surface area contributed by atoms with Gasteiger partial charge in [-0.2, -0.15) is 0 Å². The zero-order chi connectivity index (χ0) is 9.73. The summed E-state index contributed by atoms with van der Waals surface area (Å²) in [5.41, 5.74) is 5.43. The quantitative estimate of drug-likeness (QED) is 0.575. The minimum Gasteiger partial charge on any atom is -0.372 e. The van der Waals surface area contributed by atoms with Gasteiger partial charge >= 0.3 is 0 Å². The molecule has 0 aliphatic heterocycles. The first-order valence-electron chi connectivity index (χ1n) is 4.81. The molecule has 0 heterocycles. The van der Waals surface area contributed by atoms with Gasteiger partial charge in [0.1, 0.15) is 6.61 Å². The maximum Gasteiger partial charge on any atom is 0.246 e. The Morgan fingerprint density at radius 2 is 2.31 bits per heavy atom. The van der Waals surface area contributed by atoms with Crippen LogP contribution in [0.3, 0.4) is 0 Å². The van der Waals surface area contributed by atoms with E-state index in [1.807, 2.05) is 6.92 Å². The third kappa shape index (κ3) is 3.32. The third-order valence-electron chi connectivity index (χ3n) is 2.23. The Bertz CT molecular complexity index is 178. The summed E-state index contributed by atoms with van der Waals surface area (Å²) in [7, 11) is 0. The van der Waals surface area contributed by atoms with Gasteiger partial charge in [0.2, 0.25) is 5.91 Å². The summed E-state index contributed by atoms with van der Waals surface area (Å²) in [6, 6.07) is 0. The van der Waals surface area contributed by atoms with Gasteiger partial charge in [0, 0.05) is 13.2 Å². The van der Waals surface area contributed by atoms with Crippen LogP contribution >= 0.6 is 0 Å². The lowest BCUT2D eigenvalue weighted by Crippen LogP contribution is -2.44. The largest absolute Gasteiger partial charge is 0.372 e. The maximum absolute atomic E-state index is 11.2. The molecule has 0 aromatic carbocycles. The molecule has 0 radical (unpaired) electrons. The number of ether oxygens (including phenoxy) is 1. The van der Waals surface area contributed by atoms with Crippen molar-refractivity contribution >= 4 is 5.91 Å². The Balaban J connectivity index is 2.11. The number of nitrogens with two attached hydrogens (primary N) is 1. The highest BCUT2D eigenvalue weighted by molar-refractivity contribution is 5.78. The van der Waals surface area contributed by atoms with Crippen LogP contribution in [0, 0.1) is 0 Å². The summed E-state index contributed by atoms with van der Waals surface area (Å²) in [6.07, 6.45) is 2.95. The smallest absolute Gasteiger partial charge is 0.246 e. The molecule has 0 bridgehead atoms. The molecule has 0 atom stereocenters. The summed E-state index contributed by atoms with van der Waals surface area (Å²) in [5.74, 6) is -0.0450. The standard InChI is InChI=1S/C9H18N2O2/c1-2-5-13-6-8(12)11-9(7-10)3-4-9/h2-7,10H2,1H3,(H,11,12). The van der Waals surface area contributed by atoms with Gasteiger partial charge in [-0.05, 0) is 19.3 Å². The lowest BCUT2D eigenvalue weighted by Gasteiger charge is -2.14. The van der Waals surface area contributed by atoms with Gasteiger partial charge in [0.15, 0.2) is 0 Å². The lowest BCUT2D eigenvalue weighted by atomic mass is 10.3. The number of carbonyl (C=O) groups excluding carboxylic acids is 1. The van der Waals surface area contributed by atoms with Crippen LogP contribution in [0.2, 0.25) is 0 Å². The summed E-state index contributed by atoms with van der Waals surface area (Å²) in [4.78, 5) is 11.2. The third-order valence-corrected chi connectivity index (χ3v) is 2.23. The maximum atomic E-state index is 11.2. The molecule has 1 amide bonds. The van der Waals surface area contributed by atoms with Gasteiger partial charge in [-0.1, -0.05) is 6.92 Å². The molecule has 1 rings (SSSR count). The molecule has 0 saturated heterocycles. The molecule has 3 N–H and O–H groups in total. The number of amides is 1. The molecule has 0 aromatic rings. The average molecular weight is 186 g/mol. The van der Waals surface area contributed by atoms with Crippen LogP contribution in [0.4, 0.5) is 0 Å². The number of carbonyl (C=O) groups is 1. The van der Waals surface area contributed by atoms with Crippen LogP contribution < -0.4 is 11.1 Å². The van der Waals surface area contributed by atoms with Crippen LogP contribution in [-0.4, -0.2) is 31.2 Å². The highest BCUT2D eigenvalue weighted by Gasteiger charge is 2.42. The summed E-state index contributed by atoms with van der Waals surface area (Å²) in [6.45, 7) is 3.35. The van der Waals surface area contributed by atoms with Crippen LogP contribution in [-0.2, 0) is 9.53 Å². The minimum atomic E-state index is -0.0906. The second-order valence-corrected chi connectivity index (χ2v) is 3.59. The molecule has 4 heteroatoms. The summed E-state index contributed by atoms with van der Waals surface area (Å²) in [5, 5.41) is 2.89. The van der Waals surface area contributed by atoms with E-state index < -0.39 is 0 Å². The van der Waals surface area contributed by atoms with Crippen molar-refractivity contribution in [2.24, 2.45) is 5.73 Å². The Labute approximate surface area is 78.8 Å². The second-order valence-electron chi connectivity index (χ2n) is 3.59. The Morgan fingerprint density at radius 3 is 2.77 bits per heavy atom. The number of rotatable bonds is 6. The molecule has 1 aliphatic carbocycles. The first-order valence-corrected chi connectivity index (χ1v) is 4.81. The SMILES string of the molecule is CCCOCC(=O)NC1(CN)CC1. The molecule has 76 valence electrons. The Morgan fingerprint density at radius 1 is 1.62 bits per heavy atom. The van der Waals surface area contributed by atoms with Crippen molar-refractivity contribution in [1.29, 1.82) is 0 Å². The molecule has 4 nitrogen and oxygen atoms in total. The van der Waals surface area contributed by atoms with Gasteiger partial charge < -0.3 is 15.8 Å². The normalized spacial score (nSPS) is 18.3. The fourth-order valence-electron chi connectivity index (χ4n) is 1.17. The van der Waals surface area contributed by atoms with Crippen molar-refractivity contribution in [1.82, 2.24) is 5.32 Å². The van der Waals surface area contributed by atoms with E-state index in [-0.39, 0.29) is 18.1 Å². The zero-order valence-corrected chi connectivity index (χ0v) is 8.14.